The second kappa shape index (κ2) is 5.36. The van der Waals surface area contributed by atoms with Crippen LogP contribution in [0.2, 0.25) is 0 Å². The molecule has 1 N–H and O–H groups in total. The number of hydrogen-bond donors (Lipinski definition) is 1. The highest BCUT2D eigenvalue weighted by Crippen LogP contribution is 2.11. The van der Waals surface area contributed by atoms with Crippen LogP contribution in [0.15, 0.2) is 11.6 Å². The number of aliphatic hydroxyl groups is 1. The molecule has 1 nitrogen and oxygen atoms in total. The molecule has 1 heteroatoms. The van der Waals surface area contributed by atoms with Crippen LogP contribution < -0.4 is 0 Å². The Bertz CT molecular complexity index is 121. The van der Waals surface area contributed by atoms with E-state index in [1.54, 1.807) is 0 Å². The molecule has 0 bridgehead atoms. The smallest absolute Gasteiger partial charge is 0.0514 e. The maximum atomic E-state index is 9.07. The van der Waals surface area contributed by atoms with Crippen molar-refractivity contribution >= 4 is 0 Å². The van der Waals surface area contributed by atoms with Crippen molar-refractivity contribution in [3.8, 4) is 0 Å². The largest absolute Gasteiger partial charge is 0.393 e. The van der Waals surface area contributed by atoms with Gasteiger partial charge in [-0.25, -0.2) is 0 Å². The van der Waals surface area contributed by atoms with Crippen molar-refractivity contribution in [1.29, 1.82) is 0 Å². The summed E-state index contributed by atoms with van der Waals surface area (Å²) in [6, 6.07) is 0. The van der Waals surface area contributed by atoms with Crippen LogP contribution in [-0.4, -0.2) is 11.2 Å². The van der Waals surface area contributed by atoms with Crippen molar-refractivity contribution in [2.24, 2.45) is 5.92 Å². The van der Waals surface area contributed by atoms with Crippen LogP contribution in [0.5, 0.6) is 0 Å². The van der Waals surface area contributed by atoms with Crippen LogP contribution in [0.25, 0.3) is 0 Å². The molecule has 0 aromatic rings. The Morgan fingerprint density at radius 1 is 1.36 bits per heavy atom. The van der Waals surface area contributed by atoms with E-state index in [1.165, 1.54) is 5.57 Å². The minimum atomic E-state index is -0.157. The van der Waals surface area contributed by atoms with Gasteiger partial charge in [0.25, 0.3) is 0 Å². The first-order valence-corrected chi connectivity index (χ1v) is 4.33. The van der Waals surface area contributed by atoms with Crippen molar-refractivity contribution in [2.75, 3.05) is 0 Å². The van der Waals surface area contributed by atoms with Crippen LogP contribution in [0.1, 0.15) is 40.5 Å². The van der Waals surface area contributed by atoms with Crippen molar-refractivity contribution in [3.63, 3.8) is 0 Å². The Labute approximate surface area is 70.1 Å². The molecule has 0 aromatic heterocycles. The van der Waals surface area contributed by atoms with Crippen molar-refractivity contribution in [2.45, 2.75) is 46.6 Å². The maximum absolute atomic E-state index is 9.07. The van der Waals surface area contributed by atoms with Gasteiger partial charge in [0, 0.05) is 0 Å². The third kappa shape index (κ3) is 7.60. The monoisotopic (exact) mass is 156 g/mol. The second-order valence-corrected chi connectivity index (χ2v) is 3.71. The predicted molar refractivity (Wildman–Crippen MR) is 49.5 cm³/mol. The van der Waals surface area contributed by atoms with E-state index < -0.39 is 0 Å². The average molecular weight is 156 g/mol. The lowest BCUT2D eigenvalue weighted by molar-refractivity contribution is 0.164. The molecule has 11 heavy (non-hydrogen) atoms. The summed E-state index contributed by atoms with van der Waals surface area (Å²) >= 11 is 0. The van der Waals surface area contributed by atoms with Gasteiger partial charge in [-0.15, -0.1) is 0 Å². The highest BCUT2D eigenvalue weighted by Gasteiger charge is 2.03. The molecule has 0 aliphatic heterocycles. The average Bonchev–Trinajstić information content (AvgIpc) is 1.82. The zero-order chi connectivity index (χ0) is 8.85. The summed E-state index contributed by atoms with van der Waals surface area (Å²) in [6.07, 6.45) is 4.07. The third-order valence-electron chi connectivity index (χ3n) is 1.67. The first-order valence-electron chi connectivity index (χ1n) is 4.33. The molecule has 0 amide bonds. The van der Waals surface area contributed by atoms with E-state index in [1.807, 2.05) is 6.92 Å². The number of rotatable bonds is 4. The van der Waals surface area contributed by atoms with Gasteiger partial charge in [-0.3, -0.25) is 0 Å². The second-order valence-electron chi connectivity index (χ2n) is 3.71. The standard InChI is InChI=1S/C10H20O/c1-8(2)5-6-9(3)7-10(4)11/h5,9-11H,6-7H2,1-4H3. The minimum Gasteiger partial charge on any atom is -0.393 e. The Morgan fingerprint density at radius 2 is 1.91 bits per heavy atom. The summed E-state index contributed by atoms with van der Waals surface area (Å²) in [5.41, 5.74) is 1.36. The highest BCUT2D eigenvalue weighted by atomic mass is 16.3. The molecule has 66 valence electrons. The maximum Gasteiger partial charge on any atom is 0.0514 e. The van der Waals surface area contributed by atoms with E-state index in [9.17, 15) is 0 Å². The van der Waals surface area contributed by atoms with Crippen LogP contribution >= 0.6 is 0 Å². The Hall–Kier alpha value is -0.300. The van der Waals surface area contributed by atoms with Crippen molar-refractivity contribution in [1.82, 2.24) is 0 Å². The SMILES string of the molecule is CC(C)=CCC(C)CC(C)O. The van der Waals surface area contributed by atoms with Gasteiger partial charge in [-0.1, -0.05) is 18.6 Å². The van der Waals surface area contributed by atoms with E-state index >= 15 is 0 Å². The fourth-order valence-corrected chi connectivity index (χ4v) is 1.12. The lowest BCUT2D eigenvalue weighted by Gasteiger charge is -2.10. The summed E-state index contributed by atoms with van der Waals surface area (Å²) in [5.74, 6) is 0.602. The van der Waals surface area contributed by atoms with Gasteiger partial charge in [0.15, 0.2) is 0 Å². The summed E-state index contributed by atoms with van der Waals surface area (Å²) < 4.78 is 0. The molecule has 0 aromatic carbocycles. The number of hydrogen-bond acceptors (Lipinski definition) is 1. The van der Waals surface area contributed by atoms with Gasteiger partial charge in [-0.05, 0) is 39.5 Å². The fourth-order valence-electron chi connectivity index (χ4n) is 1.12. The normalized spacial score (nSPS) is 15.7. The van der Waals surface area contributed by atoms with Crippen LogP contribution in [0, 0.1) is 5.92 Å². The van der Waals surface area contributed by atoms with E-state index in [0.717, 1.165) is 12.8 Å². The Kier molecular flexibility index (Phi) is 5.22. The molecule has 0 spiro atoms. The predicted octanol–water partition coefficient (Wildman–Crippen LogP) is 2.75. The van der Waals surface area contributed by atoms with Crippen molar-refractivity contribution < 1.29 is 5.11 Å². The summed E-state index contributed by atoms with van der Waals surface area (Å²) in [5, 5.41) is 9.07. The Morgan fingerprint density at radius 3 is 2.27 bits per heavy atom. The first kappa shape index (κ1) is 10.7. The molecule has 0 fully saturated rings. The molecular weight excluding hydrogens is 136 g/mol. The van der Waals surface area contributed by atoms with Crippen LogP contribution in [0.4, 0.5) is 0 Å². The summed E-state index contributed by atoms with van der Waals surface area (Å²) in [6.45, 7) is 8.23. The molecule has 0 saturated heterocycles. The zero-order valence-electron chi connectivity index (χ0n) is 8.09. The van der Waals surface area contributed by atoms with Gasteiger partial charge in [0.1, 0.15) is 0 Å². The molecule has 0 rings (SSSR count). The first-order chi connectivity index (χ1) is 5.02. The van der Waals surface area contributed by atoms with Gasteiger partial charge in [-0.2, -0.15) is 0 Å². The summed E-state index contributed by atoms with van der Waals surface area (Å²) in [7, 11) is 0. The lowest BCUT2D eigenvalue weighted by Crippen LogP contribution is -2.06. The zero-order valence-corrected chi connectivity index (χ0v) is 8.09. The molecule has 2 atom stereocenters. The van der Waals surface area contributed by atoms with Crippen molar-refractivity contribution in [3.05, 3.63) is 11.6 Å². The molecule has 0 aliphatic carbocycles. The van der Waals surface area contributed by atoms with Crippen LogP contribution in [0.3, 0.4) is 0 Å². The van der Waals surface area contributed by atoms with E-state index in [-0.39, 0.29) is 6.10 Å². The minimum absolute atomic E-state index is 0.157. The van der Waals surface area contributed by atoms with E-state index in [4.69, 9.17) is 5.11 Å². The van der Waals surface area contributed by atoms with E-state index in [2.05, 4.69) is 26.8 Å². The number of allylic oxidation sites excluding steroid dienone is 2. The molecule has 2 unspecified atom stereocenters. The molecule has 0 saturated carbocycles. The fraction of sp³-hybridized carbons (Fsp3) is 0.800. The topological polar surface area (TPSA) is 20.2 Å². The molecule has 0 aliphatic rings. The van der Waals surface area contributed by atoms with E-state index in [0.29, 0.717) is 5.92 Å². The lowest BCUT2D eigenvalue weighted by atomic mass is 10.00. The van der Waals surface area contributed by atoms with Gasteiger partial charge in [0.2, 0.25) is 0 Å². The van der Waals surface area contributed by atoms with Gasteiger partial charge >= 0.3 is 0 Å². The van der Waals surface area contributed by atoms with Gasteiger partial charge in [0.05, 0.1) is 6.10 Å². The Balaban J connectivity index is 3.53. The van der Waals surface area contributed by atoms with Gasteiger partial charge < -0.3 is 5.11 Å². The molecule has 0 heterocycles. The number of aliphatic hydroxyl groups excluding tert-OH is 1. The highest BCUT2D eigenvalue weighted by molar-refractivity contribution is 4.93. The third-order valence-corrected chi connectivity index (χ3v) is 1.67. The van der Waals surface area contributed by atoms with Crippen LogP contribution in [-0.2, 0) is 0 Å². The molecule has 0 radical (unpaired) electrons. The quantitative estimate of drug-likeness (QED) is 0.620. The summed E-state index contributed by atoms with van der Waals surface area (Å²) in [4.78, 5) is 0. The molecular formula is C10H20O.